The number of carbonyl (C=O) groups is 1. The number of hydrogen-bond acceptors (Lipinski definition) is 3. The van der Waals surface area contributed by atoms with Crippen LogP contribution in [0.2, 0.25) is 5.02 Å². The van der Waals surface area contributed by atoms with Gasteiger partial charge in [0.15, 0.2) is 0 Å². The molecule has 2 unspecified atom stereocenters. The summed E-state index contributed by atoms with van der Waals surface area (Å²) in [6.45, 7) is 0.640. The molecule has 1 aliphatic carbocycles. The predicted octanol–water partition coefficient (Wildman–Crippen LogP) is 3.08. The van der Waals surface area contributed by atoms with Crippen LogP contribution >= 0.6 is 11.6 Å². The van der Waals surface area contributed by atoms with Crippen molar-refractivity contribution in [3.05, 3.63) is 28.8 Å². The molecule has 0 amide bonds. The van der Waals surface area contributed by atoms with Gasteiger partial charge in [0.25, 0.3) is 0 Å². The maximum atomic E-state index is 11.1. The van der Waals surface area contributed by atoms with E-state index in [9.17, 15) is 4.79 Å². The van der Waals surface area contributed by atoms with Gasteiger partial charge in [-0.05, 0) is 37.5 Å². The zero-order chi connectivity index (χ0) is 14.5. The number of benzene rings is 1. The first-order valence-corrected chi connectivity index (χ1v) is 7.26. The fourth-order valence-corrected chi connectivity index (χ4v) is 2.93. The molecular formula is C15H20ClNO3. The van der Waals surface area contributed by atoms with E-state index in [1.54, 1.807) is 13.2 Å². The molecule has 2 N–H and O–H groups in total. The van der Waals surface area contributed by atoms with Crippen LogP contribution in [0.4, 0.5) is 0 Å². The van der Waals surface area contributed by atoms with E-state index in [4.69, 9.17) is 21.4 Å². The molecule has 0 radical (unpaired) electrons. The first kappa shape index (κ1) is 15.1. The van der Waals surface area contributed by atoms with Gasteiger partial charge in [0.05, 0.1) is 13.0 Å². The zero-order valence-corrected chi connectivity index (χ0v) is 12.3. The summed E-state index contributed by atoms with van der Waals surface area (Å²) in [6.07, 6.45) is 3.46. The lowest BCUT2D eigenvalue weighted by Gasteiger charge is -2.27. The van der Waals surface area contributed by atoms with Crippen molar-refractivity contribution in [2.45, 2.75) is 38.3 Å². The highest BCUT2D eigenvalue weighted by Gasteiger charge is 2.26. The Hall–Kier alpha value is -1.26. The van der Waals surface area contributed by atoms with Gasteiger partial charge in [0, 0.05) is 23.2 Å². The van der Waals surface area contributed by atoms with Crippen LogP contribution in [0.15, 0.2) is 18.2 Å². The Morgan fingerprint density at radius 2 is 2.30 bits per heavy atom. The first-order valence-electron chi connectivity index (χ1n) is 6.88. The van der Waals surface area contributed by atoms with Crippen LogP contribution in [-0.4, -0.2) is 24.2 Å². The number of rotatable bonds is 5. The van der Waals surface area contributed by atoms with Gasteiger partial charge < -0.3 is 15.2 Å². The van der Waals surface area contributed by atoms with Gasteiger partial charge in [-0.3, -0.25) is 4.79 Å². The molecule has 1 aromatic carbocycles. The van der Waals surface area contributed by atoms with Crippen LogP contribution in [0, 0.1) is 5.92 Å². The smallest absolute Gasteiger partial charge is 0.306 e. The average molecular weight is 298 g/mol. The largest absolute Gasteiger partial charge is 0.496 e. The van der Waals surface area contributed by atoms with E-state index in [1.807, 2.05) is 12.1 Å². The van der Waals surface area contributed by atoms with E-state index >= 15 is 0 Å². The number of hydrogen-bond donors (Lipinski definition) is 2. The molecule has 0 saturated heterocycles. The fraction of sp³-hybridized carbons (Fsp3) is 0.533. The van der Waals surface area contributed by atoms with E-state index < -0.39 is 5.97 Å². The minimum atomic E-state index is -0.683. The molecule has 0 spiro atoms. The number of aliphatic carboxylic acids is 1. The highest BCUT2D eigenvalue weighted by Crippen LogP contribution is 2.26. The first-order chi connectivity index (χ1) is 9.60. The standard InChI is InChI=1S/C15H20ClNO3/c1-20-14-6-5-12(16)7-11(14)9-17-13-4-2-3-10(8-13)15(18)19/h5-7,10,13,17H,2-4,8-9H2,1H3,(H,18,19). The summed E-state index contributed by atoms with van der Waals surface area (Å²) in [4.78, 5) is 11.1. The van der Waals surface area contributed by atoms with Crippen LogP contribution in [-0.2, 0) is 11.3 Å². The lowest BCUT2D eigenvalue weighted by molar-refractivity contribution is -0.143. The number of carboxylic acids is 1. The highest BCUT2D eigenvalue weighted by atomic mass is 35.5. The monoisotopic (exact) mass is 297 g/mol. The maximum absolute atomic E-state index is 11.1. The third-order valence-electron chi connectivity index (χ3n) is 3.85. The van der Waals surface area contributed by atoms with Crippen molar-refractivity contribution >= 4 is 17.6 Å². The van der Waals surface area contributed by atoms with E-state index in [-0.39, 0.29) is 12.0 Å². The molecule has 0 aliphatic heterocycles. The second-order valence-electron chi connectivity index (χ2n) is 5.24. The van der Waals surface area contributed by atoms with Crippen LogP contribution in [0.3, 0.4) is 0 Å². The van der Waals surface area contributed by atoms with Gasteiger partial charge in [-0.1, -0.05) is 18.0 Å². The molecular weight excluding hydrogens is 278 g/mol. The SMILES string of the molecule is COc1ccc(Cl)cc1CNC1CCCC(C(=O)O)C1. The Balaban J connectivity index is 1.95. The van der Waals surface area contributed by atoms with Crippen molar-refractivity contribution in [2.24, 2.45) is 5.92 Å². The van der Waals surface area contributed by atoms with E-state index in [2.05, 4.69) is 5.32 Å². The maximum Gasteiger partial charge on any atom is 0.306 e. The summed E-state index contributed by atoms with van der Waals surface area (Å²) in [5.74, 6) is -0.105. The number of carboxylic acid groups (broad SMARTS) is 1. The predicted molar refractivity (Wildman–Crippen MR) is 78.2 cm³/mol. The quantitative estimate of drug-likeness (QED) is 0.877. The molecule has 0 heterocycles. The van der Waals surface area contributed by atoms with Gasteiger partial charge in [0.1, 0.15) is 5.75 Å². The molecule has 20 heavy (non-hydrogen) atoms. The highest BCUT2D eigenvalue weighted by molar-refractivity contribution is 6.30. The Labute approximate surface area is 124 Å². The Morgan fingerprint density at radius 1 is 1.50 bits per heavy atom. The molecule has 110 valence electrons. The van der Waals surface area contributed by atoms with Crippen molar-refractivity contribution in [3.63, 3.8) is 0 Å². The molecule has 1 saturated carbocycles. The molecule has 2 rings (SSSR count). The summed E-state index contributed by atoms with van der Waals surface area (Å²) in [6, 6.07) is 5.77. The molecule has 1 aliphatic rings. The summed E-state index contributed by atoms with van der Waals surface area (Å²) in [5.41, 5.74) is 0.998. The lowest BCUT2D eigenvalue weighted by Crippen LogP contribution is -2.36. The Bertz CT molecular complexity index is 478. The van der Waals surface area contributed by atoms with Crippen molar-refractivity contribution < 1.29 is 14.6 Å². The van der Waals surface area contributed by atoms with Gasteiger partial charge in [-0.25, -0.2) is 0 Å². The zero-order valence-electron chi connectivity index (χ0n) is 11.6. The van der Waals surface area contributed by atoms with E-state index in [1.165, 1.54) is 0 Å². The van der Waals surface area contributed by atoms with Gasteiger partial charge in [-0.15, -0.1) is 0 Å². The minimum Gasteiger partial charge on any atom is -0.496 e. The third kappa shape index (κ3) is 3.87. The Kier molecular flexibility index (Phi) is 5.26. The van der Waals surface area contributed by atoms with Crippen molar-refractivity contribution in [1.82, 2.24) is 5.32 Å². The number of ether oxygens (including phenoxy) is 1. The fourth-order valence-electron chi connectivity index (χ4n) is 2.74. The van der Waals surface area contributed by atoms with Crippen LogP contribution in [0.5, 0.6) is 5.75 Å². The van der Waals surface area contributed by atoms with Crippen molar-refractivity contribution in [1.29, 1.82) is 0 Å². The minimum absolute atomic E-state index is 0.220. The molecule has 0 bridgehead atoms. The van der Waals surface area contributed by atoms with Gasteiger partial charge >= 0.3 is 5.97 Å². The van der Waals surface area contributed by atoms with Gasteiger partial charge in [0.2, 0.25) is 0 Å². The van der Waals surface area contributed by atoms with Gasteiger partial charge in [-0.2, -0.15) is 0 Å². The second kappa shape index (κ2) is 6.95. The molecule has 0 aromatic heterocycles. The molecule has 4 nitrogen and oxygen atoms in total. The van der Waals surface area contributed by atoms with Crippen LogP contribution in [0.25, 0.3) is 0 Å². The summed E-state index contributed by atoms with van der Waals surface area (Å²) in [7, 11) is 1.63. The summed E-state index contributed by atoms with van der Waals surface area (Å²) >= 11 is 6.00. The second-order valence-corrected chi connectivity index (χ2v) is 5.67. The molecule has 1 fully saturated rings. The van der Waals surface area contributed by atoms with Crippen molar-refractivity contribution in [2.75, 3.05) is 7.11 Å². The normalized spacial score (nSPS) is 22.5. The van der Waals surface area contributed by atoms with E-state index in [0.717, 1.165) is 30.6 Å². The van der Waals surface area contributed by atoms with Crippen LogP contribution in [0.1, 0.15) is 31.2 Å². The third-order valence-corrected chi connectivity index (χ3v) is 4.08. The molecule has 5 heteroatoms. The average Bonchev–Trinajstić information content (AvgIpc) is 2.45. The number of methoxy groups -OCH3 is 1. The van der Waals surface area contributed by atoms with E-state index in [0.29, 0.717) is 18.0 Å². The Morgan fingerprint density at radius 3 is 3.00 bits per heavy atom. The van der Waals surface area contributed by atoms with Crippen molar-refractivity contribution in [3.8, 4) is 5.75 Å². The number of nitrogens with one attached hydrogen (secondary N) is 1. The topological polar surface area (TPSA) is 58.6 Å². The summed E-state index contributed by atoms with van der Waals surface area (Å²) < 4.78 is 5.31. The molecule has 2 atom stereocenters. The van der Waals surface area contributed by atoms with Crippen LogP contribution < -0.4 is 10.1 Å². The lowest BCUT2D eigenvalue weighted by atomic mass is 9.86. The number of halogens is 1. The summed E-state index contributed by atoms with van der Waals surface area (Å²) in [5, 5.41) is 13.2. The molecule has 1 aromatic rings.